The Kier molecular flexibility index (Phi) is 5.66. The number of carbonyl (C=O) groups is 1. The number of rotatable bonds is 5. The highest BCUT2D eigenvalue weighted by Crippen LogP contribution is 2.25. The molecule has 0 saturated carbocycles. The van der Waals surface area contributed by atoms with Crippen molar-refractivity contribution in [3.63, 3.8) is 0 Å². The molecule has 0 aliphatic heterocycles. The standard InChI is InChI=1S/C22H24ClN3O/c1-15(2)26-14-21(16(3)24-26)18-8-6-9-19(12-18)22(27)25(4)13-17-7-5-10-20(23)11-17/h5-12,14-15H,13H2,1-4H3. The molecule has 3 rings (SSSR count). The molecule has 3 aromatic rings. The molecule has 0 aliphatic carbocycles. The molecular formula is C22H24ClN3O. The third-order valence-corrected chi connectivity index (χ3v) is 4.76. The Bertz CT molecular complexity index is 962. The molecule has 4 nitrogen and oxygen atoms in total. The lowest BCUT2D eigenvalue weighted by atomic mass is 10.0. The van der Waals surface area contributed by atoms with E-state index in [1.165, 1.54) is 0 Å². The predicted octanol–water partition coefficient (Wildman–Crippen LogP) is 5.37. The molecule has 0 bridgehead atoms. The summed E-state index contributed by atoms with van der Waals surface area (Å²) in [6, 6.07) is 15.6. The van der Waals surface area contributed by atoms with Crippen LogP contribution in [-0.4, -0.2) is 27.6 Å². The Hall–Kier alpha value is -2.59. The zero-order chi connectivity index (χ0) is 19.6. The number of aryl methyl sites for hydroxylation is 1. The fourth-order valence-corrected chi connectivity index (χ4v) is 3.26. The van der Waals surface area contributed by atoms with Gasteiger partial charge in [0.25, 0.3) is 5.91 Å². The van der Waals surface area contributed by atoms with Crippen LogP contribution in [0.15, 0.2) is 54.7 Å². The van der Waals surface area contributed by atoms with E-state index in [-0.39, 0.29) is 5.91 Å². The van der Waals surface area contributed by atoms with E-state index in [1.54, 1.807) is 11.9 Å². The highest BCUT2D eigenvalue weighted by Gasteiger charge is 2.15. The van der Waals surface area contributed by atoms with E-state index in [0.29, 0.717) is 23.2 Å². The minimum Gasteiger partial charge on any atom is -0.337 e. The van der Waals surface area contributed by atoms with Crippen molar-refractivity contribution in [2.45, 2.75) is 33.4 Å². The van der Waals surface area contributed by atoms with Gasteiger partial charge in [0.15, 0.2) is 0 Å². The van der Waals surface area contributed by atoms with Crippen LogP contribution in [0.3, 0.4) is 0 Å². The van der Waals surface area contributed by atoms with Crippen LogP contribution in [0.25, 0.3) is 11.1 Å². The molecule has 140 valence electrons. The van der Waals surface area contributed by atoms with E-state index < -0.39 is 0 Å². The fraction of sp³-hybridized carbons (Fsp3) is 0.273. The predicted molar refractivity (Wildman–Crippen MR) is 110 cm³/mol. The van der Waals surface area contributed by atoms with Crippen LogP contribution >= 0.6 is 11.6 Å². The summed E-state index contributed by atoms with van der Waals surface area (Å²) < 4.78 is 1.95. The third kappa shape index (κ3) is 4.40. The summed E-state index contributed by atoms with van der Waals surface area (Å²) in [5, 5.41) is 5.24. The maximum atomic E-state index is 12.9. The van der Waals surface area contributed by atoms with Crippen molar-refractivity contribution in [2.24, 2.45) is 0 Å². The Morgan fingerprint density at radius 3 is 2.59 bits per heavy atom. The smallest absolute Gasteiger partial charge is 0.253 e. The number of hydrogen-bond donors (Lipinski definition) is 0. The first-order chi connectivity index (χ1) is 12.8. The van der Waals surface area contributed by atoms with Crippen LogP contribution in [0.4, 0.5) is 0 Å². The number of hydrogen-bond acceptors (Lipinski definition) is 2. The molecule has 0 aliphatic rings. The minimum absolute atomic E-state index is 0.0225. The van der Waals surface area contributed by atoms with Gasteiger partial charge in [-0.15, -0.1) is 0 Å². The first-order valence-corrected chi connectivity index (χ1v) is 9.39. The number of halogens is 1. The van der Waals surface area contributed by atoms with Crippen LogP contribution in [0.5, 0.6) is 0 Å². The van der Waals surface area contributed by atoms with Gasteiger partial charge >= 0.3 is 0 Å². The lowest BCUT2D eigenvalue weighted by Crippen LogP contribution is -2.26. The quantitative estimate of drug-likeness (QED) is 0.596. The zero-order valence-electron chi connectivity index (χ0n) is 16.1. The molecule has 2 aromatic carbocycles. The van der Waals surface area contributed by atoms with E-state index >= 15 is 0 Å². The number of benzene rings is 2. The van der Waals surface area contributed by atoms with Gasteiger partial charge in [-0.05, 0) is 56.2 Å². The maximum absolute atomic E-state index is 12.9. The second-order valence-corrected chi connectivity index (χ2v) is 7.51. The van der Waals surface area contributed by atoms with E-state index in [9.17, 15) is 4.79 Å². The van der Waals surface area contributed by atoms with Crippen molar-refractivity contribution in [1.82, 2.24) is 14.7 Å². The van der Waals surface area contributed by atoms with Gasteiger partial charge < -0.3 is 4.90 Å². The summed E-state index contributed by atoms with van der Waals surface area (Å²) in [5.41, 5.74) is 4.68. The van der Waals surface area contributed by atoms with Crippen LogP contribution in [0, 0.1) is 6.92 Å². The Labute approximate surface area is 165 Å². The Morgan fingerprint density at radius 2 is 1.93 bits per heavy atom. The van der Waals surface area contributed by atoms with Crippen LogP contribution in [0.2, 0.25) is 5.02 Å². The fourth-order valence-electron chi connectivity index (χ4n) is 3.05. The van der Waals surface area contributed by atoms with Crippen molar-refractivity contribution in [3.05, 3.63) is 76.6 Å². The normalized spacial score (nSPS) is 11.0. The molecule has 0 unspecified atom stereocenters. The average Bonchev–Trinajstić information content (AvgIpc) is 3.03. The highest BCUT2D eigenvalue weighted by molar-refractivity contribution is 6.30. The lowest BCUT2D eigenvalue weighted by molar-refractivity contribution is 0.0785. The summed E-state index contributed by atoms with van der Waals surface area (Å²) >= 11 is 6.04. The summed E-state index contributed by atoms with van der Waals surface area (Å²) in [7, 11) is 1.80. The number of aromatic nitrogens is 2. The zero-order valence-corrected chi connectivity index (χ0v) is 16.9. The van der Waals surface area contributed by atoms with Gasteiger partial charge in [0.1, 0.15) is 0 Å². The van der Waals surface area contributed by atoms with Crippen molar-refractivity contribution in [2.75, 3.05) is 7.05 Å². The van der Waals surface area contributed by atoms with Gasteiger partial charge in [0.05, 0.1) is 5.69 Å². The van der Waals surface area contributed by atoms with Crippen LogP contribution in [0.1, 0.15) is 41.5 Å². The highest BCUT2D eigenvalue weighted by atomic mass is 35.5. The van der Waals surface area contributed by atoms with Crippen LogP contribution in [-0.2, 0) is 6.54 Å². The van der Waals surface area contributed by atoms with E-state index in [0.717, 1.165) is 22.4 Å². The molecule has 0 radical (unpaired) electrons. The summed E-state index contributed by atoms with van der Waals surface area (Å²) in [6.07, 6.45) is 2.04. The summed E-state index contributed by atoms with van der Waals surface area (Å²) in [6.45, 7) is 6.70. The van der Waals surface area contributed by atoms with E-state index in [2.05, 4.69) is 18.9 Å². The number of amides is 1. The summed E-state index contributed by atoms with van der Waals surface area (Å²) in [5.74, 6) is -0.0225. The number of nitrogens with zero attached hydrogens (tertiary/aromatic N) is 3. The lowest BCUT2D eigenvalue weighted by Gasteiger charge is -2.18. The largest absolute Gasteiger partial charge is 0.337 e. The topological polar surface area (TPSA) is 38.1 Å². The second kappa shape index (κ2) is 7.97. The van der Waals surface area contributed by atoms with E-state index in [1.807, 2.05) is 66.3 Å². The molecule has 1 heterocycles. The first kappa shape index (κ1) is 19.2. The van der Waals surface area contributed by atoms with Crippen LogP contribution < -0.4 is 0 Å². The van der Waals surface area contributed by atoms with Crippen molar-refractivity contribution >= 4 is 17.5 Å². The van der Waals surface area contributed by atoms with Crippen molar-refractivity contribution in [3.8, 4) is 11.1 Å². The molecule has 0 atom stereocenters. The first-order valence-electron chi connectivity index (χ1n) is 9.01. The van der Waals surface area contributed by atoms with Gasteiger partial charge in [-0.1, -0.05) is 35.9 Å². The Balaban J connectivity index is 1.83. The van der Waals surface area contributed by atoms with Gasteiger partial charge in [-0.2, -0.15) is 5.10 Å². The maximum Gasteiger partial charge on any atom is 0.253 e. The van der Waals surface area contributed by atoms with E-state index in [4.69, 9.17) is 11.6 Å². The van der Waals surface area contributed by atoms with Gasteiger partial charge in [0.2, 0.25) is 0 Å². The molecule has 1 amide bonds. The minimum atomic E-state index is -0.0225. The van der Waals surface area contributed by atoms with Gasteiger partial charge in [0, 0.05) is 42.0 Å². The molecule has 0 N–H and O–H groups in total. The SMILES string of the molecule is Cc1nn(C(C)C)cc1-c1cccc(C(=O)N(C)Cc2cccc(Cl)c2)c1. The average molecular weight is 382 g/mol. The summed E-state index contributed by atoms with van der Waals surface area (Å²) in [4.78, 5) is 14.6. The van der Waals surface area contributed by atoms with Gasteiger partial charge in [-0.3, -0.25) is 9.48 Å². The van der Waals surface area contributed by atoms with Crippen molar-refractivity contribution < 1.29 is 4.79 Å². The Morgan fingerprint density at radius 1 is 1.19 bits per heavy atom. The molecule has 5 heteroatoms. The van der Waals surface area contributed by atoms with Crippen molar-refractivity contribution in [1.29, 1.82) is 0 Å². The molecule has 27 heavy (non-hydrogen) atoms. The number of carbonyl (C=O) groups excluding carboxylic acids is 1. The molecule has 0 saturated heterocycles. The van der Waals surface area contributed by atoms with Gasteiger partial charge in [-0.25, -0.2) is 0 Å². The molecule has 1 aromatic heterocycles. The third-order valence-electron chi connectivity index (χ3n) is 4.52. The molecular weight excluding hydrogens is 358 g/mol. The second-order valence-electron chi connectivity index (χ2n) is 7.07. The molecule has 0 spiro atoms. The monoisotopic (exact) mass is 381 g/mol. The molecule has 0 fully saturated rings.